The first-order chi connectivity index (χ1) is 22.5. The summed E-state index contributed by atoms with van der Waals surface area (Å²) < 4.78 is 20.2. The zero-order valence-electron chi connectivity index (χ0n) is 24.0. The zero-order valence-corrected chi connectivity index (χ0v) is 24.0. The number of H-pyrrole nitrogens is 1. The number of aryl methyl sites for hydroxylation is 1. The number of aromatic hydroxyl groups is 1. The number of imidazole rings is 1. The molecule has 1 aliphatic rings. The summed E-state index contributed by atoms with van der Waals surface area (Å²) in [7, 11) is 0. The summed E-state index contributed by atoms with van der Waals surface area (Å²) >= 11 is 0. The number of hydrogen-bond donors (Lipinski definition) is 6. The third kappa shape index (κ3) is 5.24. The summed E-state index contributed by atoms with van der Waals surface area (Å²) in [6.45, 7) is -0.105. The minimum atomic E-state index is -0.861. The normalized spacial score (nSPS) is 13.9. The number of carbonyl (C=O) groups excluding carboxylic acids is 2. The third-order valence-electron chi connectivity index (χ3n) is 7.82. The molecule has 7 rings (SSSR count). The van der Waals surface area contributed by atoms with Gasteiger partial charge >= 0.3 is 5.76 Å². The zero-order chi connectivity index (χ0) is 33.0. The highest BCUT2D eigenvalue weighted by atomic mass is 19.1. The number of halogens is 1. The summed E-state index contributed by atoms with van der Waals surface area (Å²) in [5, 5.41) is 21.9. The summed E-state index contributed by atoms with van der Waals surface area (Å²) in [5.41, 5.74) is 5.86. The number of aromatic nitrogens is 5. The van der Waals surface area contributed by atoms with Crippen LogP contribution in [0.3, 0.4) is 0 Å². The van der Waals surface area contributed by atoms with Gasteiger partial charge in [-0.25, -0.2) is 14.2 Å². The molecule has 0 saturated carbocycles. The van der Waals surface area contributed by atoms with E-state index in [1.165, 1.54) is 28.8 Å². The van der Waals surface area contributed by atoms with E-state index < -0.39 is 40.1 Å². The van der Waals surface area contributed by atoms with Gasteiger partial charge in [0.25, 0.3) is 22.7 Å². The van der Waals surface area contributed by atoms with Crippen molar-refractivity contribution < 1.29 is 23.6 Å². The summed E-state index contributed by atoms with van der Waals surface area (Å²) in [4.78, 5) is 71.8. The van der Waals surface area contributed by atoms with E-state index in [9.17, 15) is 33.5 Å². The van der Waals surface area contributed by atoms with E-state index in [0.29, 0.717) is 24.0 Å². The van der Waals surface area contributed by atoms with Gasteiger partial charge in [0.15, 0.2) is 5.82 Å². The lowest BCUT2D eigenvalue weighted by Gasteiger charge is -2.16. The number of aromatic amines is 1. The van der Waals surface area contributed by atoms with Crippen LogP contribution < -0.4 is 38.3 Å². The Morgan fingerprint density at radius 1 is 1.09 bits per heavy atom. The Balaban J connectivity index is 1.09. The van der Waals surface area contributed by atoms with Crippen molar-refractivity contribution in [3.63, 3.8) is 0 Å². The second kappa shape index (κ2) is 11.1. The van der Waals surface area contributed by atoms with Gasteiger partial charge in [-0.2, -0.15) is 4.98 Å². The molecule has 0 spiro atoms. The van der Waals surface area contributed by atoms with E-state index in [-0.39, 0.29) is 52.6 Å². The highest BCUT2D eigenvalue weighted by Crippen LogP contribution is 2.34. The van der Waals surface area contributed by atoms with E-state index in [2.05, 4.69) is 40.6 Å². The molecule has 0 unspecified atom stereocenters. The van der Waals surface area contributed by atoms with Crippen LogP contribution in [0.5, 0.6) is 5.88 Å². The van der Waals surface area contributed by atoms with Crippen LogP contribution in [0.2, 0.25) is 0 Å². The average molecular weight is 640 g/mol. The molecule has 17 heteroatoms. The second-order valence-corrected chi connectivity index (χ2v) is 10.8. The lowest BCUT2D eigenvalue weighted by molar-refractivity contribution is 0.0930. The maximum atomic E-state index is 14.4. The summed E-state index contributed by atoms with van der Waals surface area (Å²) in [6, 6.07) is 10.2. The van der Waals surface area contributed by atoms with Crippen LogP contribution >= 0.6 is 0 Å². The second-order valence-electron chi connectivity index (χ2n) is 10.8. The van der Waals surface area contributed by atoms with Gasteiger partial charge in [0.05, 0.1) is 17.9 Å². The largest absolute Gasteiger partial charge is 0.492 e. The van der Waals surface area contributed by atoms with Crippen LogP contribution in [0.15, 0.2) is 67.6 Å². The maximum Gasteiger partial charge on any atom is 0.439 e. The van der Waals surface area contributed by atoms with Crippen molar-refractivity contribution >= 4 is 34.7 Å². The molecule has 7 N–H and O–H groups in total. The molecule has 6 aromatic rings. The number of nitrogens with zero attached hydrogens (tertiary/aromatic N) is 4. The lowest BCUT2D eigenvalue weighted by atomic mass is 10.0. The molecule has 1 aliphatic carbocycles. The van der Waals surface area contributed by atoms with Crippen LogP contribution in [0.4, 0.5) is 21.5 Å². The first-order valence-corrected chi connectivity index (χ1v) is 14.1. The molecule has 1 atom stereocenters. The van der Waals surface area contributed by atoms with Crippen molar-refractivity contribution in [1.82, 2.24) is 35.1 Å². The van der Waals surface area contributed by atoms with Gasteiger partial charge in [0.1, 0.15) is 28.6 Å². The predicted molar refractivity (Wildman–Crippen MR) is 162 cm³/mol. The number of anilines is 3. The Labute approximate surface area is 260 Å². The van der Waals surface area contributed by atoms with Gasteiger partial charge < -0.3 is 26.8 Å². The molecule has 0 aliphatic heterocycles. The Morgan fingerprint density at radius 3 is 2.68 bits per heavy atom. The minimum Gasteiger partial charge on any atom is -0.492 e. The van der Waals surface area contributed by atoms with Gasteiger partial charge in [-0.3, -0.25) is 33.1 Å². The van der Waals surface area contributed by atoms with Crippen LogP contribution in [0.25, 0.3) is 17.2 Å². The highest BCUT2D eigenvalue weighted by molar-refractivity contribution is 5.98. The maximum absolute atomic E-state index is 14.4. The molecule has 47 heavy (non-hydrogen) atoms. The highest BCUT2D eigenvalue weighted by Gasteiger charge is 2.27. The number of amides is 2. The molecule has 3 aromatic heterocycles. The number of carbonyl (C=O) groups is 2. The van der Waals surface area contributed by atoms with Crippen LogP contribution in [-0.2, 0) is 13.0 Å². The third-order valence-corrected chi connectivity index (χ3v) is 7.82. The first kappa shape index (κ1) is 29.1. The summed E-state index contributed by atoms with van der Waals surface area (Å²) in [6.07, 6.45) is 2.42. The summed E-state index contributed by atoms with van der Waals surface area (Å²) in [5.74, 6) is -2.86. The molecular formula is C30H22FN9O7. The fourth-order valence-electron chi connectivity index (χ4n) is 5.47. The van der Waals surface area contributed by atoms with Crippen molar-refractivity contribution in [1.29, 1.82) is 0 Å². The van der Waals surface area contributed by atoms with E-state index in [1.54, 1.807) is 6.07 Å². The molecule has 0 saturated heterocycles. The smallest absolute Gasteiger partial charge is 0.439 e. The number of benzene rings is 2. The van der Waals surface area contributed by atoms with Crippen molar-refractivity contribution in [2.45, 2.75) is 25.4 Å². The van der Waals surface area contributed by atoms with E-state index in [0.717, 1.165) is 17.2 Å². The molecule has 0 bridgehead atoms. The van der Waals surface area contributed by atoms with E-state index in [4.69, 9.17) is 5.73 Å². The molecule has 2 amide bonds. The van der Waals surface area contributed by atoms with Gasteiger partial charge in [-0.1, -0.05) is 23.4 Å². The Kier molecular flexibility index (Phi) is 6.84. The van der Waals surface area contributed by atoms with Gasteiger partial charge in [-0.05, 0) is 53.8 Å². The van der Waals surface area contributed by atoms with Crippen LogP contribution in [-0.4, -0.2) is 41.4 Å². The van der Waals surface area contributed by atoms with Gasteiger partial charge in [0.2, 0.25) is 11.7 Å². The Hall–Kier alpha value is -6.65. The van der Waals surface area contributed by atoms with Crippen LogP contribution in [0, 0.1) is 5.82 Å². The molecule has 0 radical (unpaired) electrons. The molecular weight excluding hydrogens is 617 g/mol. The number of nitrogen functional groups attached to an aromatic ring is 1. The topological polar surface area (TPSA) is 240 Å². The van der Waals surface area contributed by atoms with E-state index >= 15 is 0 Å². The SMILES string of the molecule is Nc1c(Nc2cc(CNC(=O)c3cc(C(=O)N[C@H]4CCc5cc(-c6noc(=O)[nH]6)ccc54)n4cc(O)nc4n3)ccc2F)c(=O)c1=O. The standard InChI is InChI=1S/C30H22FN9O7/c31-16-5-1-12(7-18(16)34-23-22(32)24(42)25(23)43)10-33-27(44)19-9-20(40-11-21(41)37-29(40)36-19)28(45)35-17-6-3-13-8-14(2-4-15(13)17)26-38-30(46)47-39-26/h1-2,4-5,7-9,11,17,34,41H,3,6,10,32H2,(H,33,44)(H,35,45)(H,38,39,46)/t17-/m0/s1. The number of nitrogens with two attached hydrogens (primary N) is 1. The van der Waals surface area contributed by atoms with Gasteiger partial charge in [-0.15, -0.1) is 0 Å². The quantitative estimate of drug-likeness (QED) is 0.129. The molecule has 16 nitrogen and oxygen atoms in total. The fourth-order valence-corrected chi connectivity index (χ4v) is 5.47. The molecule has 0 fully saturated rings. The van der Waals surface area contributed by atoms with Crippen molar-refractivity contribution in [2.75, 3.05) is 11.1 Å². The number of hydrogen-bond acceptors (Lipinski definition) is 12. The van der Waals surface area contributed by atoms with Crippen molar-refractivity contribution in [3.8, 4) is 17.3 Å². The number of nitrogens with one attached hydrogen (secondary N) is 4. The predicted octanol–water partition coefficient (Wildman–Crippen LogP) is 1.19. The number of rotatable bonds is 8. The molecule has 3 aromatic carbocycles. The van der Waals surface area contributed by atoms with Crippen molar-refractivity contribution in [2.24, 2.45) is 0 Å². The van der Waals surface area contributed by atoms with E-state index in [1.807, 2.05) is 12.1 Å². The lowest BCUT2D eigenvalue weighted by Crippen LogP contribution is -2.36. The Morgan fingerprint density at radius 2 is 1.91 bits per heavy atom. The van der Waals surface area contributed by atoms with Crippen LogP contribution in [0.1, 0.15) is 50.1 Å². The molecule has 3 heterocycles. The fraction of sp³-hybridized carbons (Fsp3) is 0.133. The number of fused-ring (bicyclic) bond motifs is 2. The van der Waals surface area contributed by atoms with Crippen molar-refractivity contribution in [3.05, 3.63) is 114 Å². The minimum absolute atomic E-state index is 0.0166. The first-order valence-electron chi connectivity index (χ1n) is 14.1. The monoisotopic (exact) mass is 639 g/mol. The molecule has 236 valence electrons. The average Bonchev–Trinajstić information content (AvgIpc) is 3.79. The Bertz CT molecular complexity index is 2390. The van der Waals surface area contributed by atoms with Gasteiger partial charge in [0, 0.05) is 12.1 Å².